The van der Waals surface area contributed by atoms with Gasteiger partial charge in [-0.3, -0.25) is 0 Å². The van der Waals surface area contributed by atoms with E-state index in [-0.39, 0.29) is 38.5 Å². The number of hydrogen-bond acceptors (Lipinski definition) is 5. The van der Waals surface area contributed by atoms with Crippen molar-refractivity contribution in [3.05, 3.63) is 71.6 Å². The SMILES string of the molecule is O=C(OC/C=C/c1ccccc1)c1ccc(F)c(S(=O)(=O)N2CCOCC2)c1. The van der Waals surface area contributed by atoms with Gasteiger partial charge >= 0.3 is 5.97 Å². The quantitative estimate of drug-likeness (QED) is 0.691. The Hall–Kier alpha value is -2.55. The first kappa shape index (κ1) is 20.2. The number of carbonyl (C=O) groups excluding carboxylic acids is 1. The van der Waals surface area contributed by atoms with Crippen molar-refractivity contribution in [1.29, 1.82) is 0 Å². The van der Waals surface area contributed by atoms with Crippen LogP contribution in [-0.2, 0) is 19.5 Å². The average Bonchev–Trinajstić information content (AvgIpc) is 2.72. The zero-order valence-corrected chi connectivity index (χ0v) is 15.9. The Balaban J connectivity index is 1.70. The third-order valence-corrected chi connectivity index (χ3v) is 6.09. The first-order chi connectivity index (χ1) is 13.5. The summed E-state index contributed by atoms with van der Waals surface area (Å²) in [5, 5.41) is 0. The molecule has 1 heterocycles. The summed E-state index contributed by atoms with van der Waals surface area (Å²) in [7, 11) is -4.05. The third kappa shape index (κ3) is 4.83. The molecule has 2 aromatic rings. The van der Waals surface area contributed by atoms with Crippen LogP contribution in [0, 0.1) is 5.82 Å². The summed E-state index contributed by atoms with van der Waals surface area (Å²) in [6, 6.07) is 12.7. The van der Waals surface area contributed by atoms with Crippen LogP contribution in [0.5, 0.6) is 0 Å². The van der Waals surface area contributed by atoms with E-state index in [2.05, 4.69) is 0 Å². The van der Waals surface area contributed by atoms with Crippen molar-refractivity contribution >= 4 is 22.1 Å². The van der Waals surface area contributed by atoms with Gasteiger partial charge in [-0.25, -0.2) is 17.6 Å². The molecule has 1 aliphatic heterocycles. The lowest BCUT2D eigenvalue weighted by Gasteiger charge is -2.26. The zero-order valence-electron chi connectivity index (χ0n) is 15.1. The van der Waals surface area contributed by atoms with Gasteiger partial charge in [0.05, 0.1) is 18.8 Å². The second kappa shape index (κ2) is 9.09. The Morgan fingerprint density at radius 3 is 2.57 bits per heavy atom. The molecule has 8 heteroatoms. The van der Waals surface area contributed by atoms with Gasteiger partial charge in [-0.1, -0.05) is 36.4 Å². The summed E-state index contributed by atoms with van der Waals surface area (Å²) >= 11 is 0. The van der Waals surface area contributed by atoms with E-state index < -0.39 is 26.7 Å². The van der Waals surface area contributed by atoms with Crippen LogP contribution < -0.4 is 0 Å². The number of morpholine rings is 1. The number of hydrogen-bond donors (Lipinski definition) is 0. The number of nitrogens with zero attached hydrogens (tertiary/aromatic N) is 1. The molecular formula is C20H20FNO5S. The number of halogens is 1. The first-order valence-corrected chi connectivity index (χ1v) is 10.2. The largest absolute Gasteiger partial charge is 0.458 e. The minimum Gasteiger partial charge on any atom is -0.458 e. The Morgan fingerprint density at radius 1 is 1.14 bits per heavy atom. The molecule has 0 N–H and O–H groups in total. The Bertz CT molecular complexity index is 954. The number of esters is 1. The summed E-state index contributed by atoms with van der Waals surface area (Å²) in [5.74, 6) is -1.64. The maximum Gasteiger partial charge on any atom is 0.338 e. The van der Waals surface area contributed by atoms with E-state index in [1.54, 1.807) is 12.2 Å². The molecule has 0 amide bonds. The molecule has 1 fully saturated rings. The molecule has 0 atom stereocenters. The third-order valence-electron chi connectivity index (χ3n) is 4.18. The van der Waals surface area contributed by atoms with Crippen LogP contribution in [0.25, 0.3) is 6.08 Å². The highest BCUT2D eigenvalue weighted by molar-refractivity contribution is 7.89. The fourth-order valence-corrected chi connectivity index (χ4v) is 4.21. The van der Waals surface area contributed by atoms with Crippen molar-refractivity contribution in [3.63, 3.8) is 0 Å². The maximum atomic E-state index is 14.2. The van der Waals surface area contributed by atoms with Crippen molar-refractivity contribution in [2.24, 2.45) is 0 Å². The lowest BCUT2D eigenvalue weighted by atomic mass is 10.2. The number of rotatable bonds is 6. The highest BCUT2D eigenvalue weighted by Crippen LogP contribution is 2.22. The standard InChI is InChI=1S/C20H20FNO5S/c21-18-9-8-17(15-19(18)28(24,25)22-10-13-26-14-11-22)20(23)27-12-4-7-16-5-2-1-3-6-16/h1-9,15H,10-14H2/b7-4+. The number of benzene rings is 2. The highest BCUT2D eigenvalue weighted by atomic mass is 32.2. The lowest BCUT2D eigenvalue weighted by Crippen LogP contribution is -2.41. The van der Waals surface area contributed by atoms with Crippen LogP contribution in [0.2, 0.25) is 0 Å². The van der Waals surface area contributed by atoms with Crippen molar-refractivity contribution in [3.8, 4) is 0 Å². The molecule has 0 saturated carbocycles. The number of ether oxygens (including phenoxy) is 2. The van der Waals surface area contributed by atoms with Crippen LogP contribution >= 0.6 is 0 Å². The van der Waals surface area contributed by atoms with Gasteiger partial charge < -0.3 is 9.47 Å². The predicted octanol–water partition coefficient (Wildman–Crippen LogP) is 2.72. The lowest BCUT2D eigenvalue weighted by molar-refractivity contribution is 0.0549. The monoisotopic (exact) mass is 405 g/mol. The summed E-state index contributed by atoms with van der Waals surface area (Å²) in [5.41, 5.74) is 0.931. The van der Waals surface area contributed by atoms with Crippen LogP contribution in [0.3, 0.4) is 0 Å². The molecular weight excluding hydrogens is 385 g/mol. The van der Waals surface area contributed by atoms with Gasteiger partial charge in [0.25, 0.3) is 0 Å². The molecule has 0 spiro atoms. The summed E-state index contributed by atoms with van der Waals surface area (Å²) in [6.45, 7) is 0.783. The zero-order chi connectivity index (χ0) is 20.0. The molecule has 2 aromatic carbocycles. The molecule has 6 nitrogen and oxygen atoms in total. The normalized spacial score (nSPS) is 15.6. The van der Waals surface area contributed by atoms with Gasteiger partial charge in [0.15, 0.2) is 0 Å². The van der Waals surface area contributed by atoms with E-state index in [0.29, 0.717) is 0 Å². The molecule has 1 aliphatic rings. The molecule has 0 unspecified atom stereocenters. The number of carbonyl (C=O) groups is 1. The van der Waals surface area contributed by atoms with Crippen molar-refractivity contribution < 1.29 is 27.1 Å². The summed E-state index contributed by atoms with van der Waals surface area (Å²) in [4.78, 5) is 11.7. The van der Waals surface area contributed by atoms with Gasteiger partial charge in [0.2, 0.25) is 10.0 Å². The average molecular weight is 405 g/mol. The van der Waals surface area contributed by atoms with Gasteiger partial charge in [0.1, 0.15) is 17.3 Å². The van der Waals surface area contributed by atoms with Crippen LogP contribution in [-0.4, -0.2) is 51.6 Å². The van der Waals surface area contributed by atoms with Crippen molar-refractivity contribution in [2.45, 2.75) is 4.90 Å². The second-order valence-corrected chi connectivity index (χ2v) is 7.98. The van der Waals surface area contributed by atoms with E-state index in [1.807, 2.05) is 30.3 Å². The minimum absolute atomic E-state index is 0.0106. The van der Waals surface area contributed by atoms with Crippen LogP contribution in [0.15, 0.2) is 59.5 Å². The highest BCUT2D eigenvalue weighted by Gasteiger charge is 2.29. The number of sulfonamides is 1. The molecule has 148 valence electrons. The first-order valence-electron chi connectivity index (χ1n) is 8.74. The van der Waals surface area contributed by atoms with E-state index in [9.17, 15) is 17.6 Å². The van der Waals surface area contributed by atoms with Crippen LogP contribution in [0.1, 0.15) is 15.9 Å². The van der Waals surface area contributed by atoms with Crippen molar-refractivity contribution in [2.75, 3.05) is 32.9 Å². The fourth-order valence-electron chi connectivity index (χ4n) is 2.71. The van der Waals surface area contributed by atoms with E-state index in [1.165, 1.54) is 6.07 Å². The van der Waals surface area contributed by atoms with E-state index >= 15 is 0 Å². The van der Waals surface area contributed by atoms with Crippen molar-refractivity contribution in [1.82, 2.24) is 4.31 Å². The smallest absolute Gasteiger partial charge is 0.338 e. The molecule has 0 aliphatic carbocycles. The molecule has 0 aromatic heterocycles. The topological polar surface area (TPSA) is 72.9 Å². The van der Waals surface area contributed by atoms with Gasteiger partial charge in [-0.15, -0.1) is 0 Å². The van der Waals surface area contributed by atoms with E-state index in [4.69, 9.17) is 9.47 Å². The molecule has 0 bridgehead atoms. The Morgan fingerprint density at radius 2 is 1.86 bits per heavy atom. The van der Waals surface area contributed by atoms with Gasteiger partial charge in [-0.2, -0.15) is 4.31 Å². The van der Waals surface area contributed by atoms with Crippen LogP contribution in [0.4, 0.5) is 4.39 Å². The van der Waals surface area contributed by atoms with Gasteiger partial charge in [-0.05, 0) is 29.8 Å². The van der Waals surface area contributed by atoms with Gasteiger partial charge in [0, 0.05) is 13.1 Å². The minimum atomic E-state index is -4.05. The molecule has 1 saturated heterocycles. The second-order valence-electron chi connectivity index (χ2n) is 6.07. The molecule has 28 heavy (non-hydrogen) atoms. The fraction of sp³-hybridized carbons (Fsp3) is 0.250. The predicted molar refractivity (Wildman–Crippen MR) is 102 cm³/mol. The van der Waals surface area contributed by atoms with E-state index in [0.717, 1.165) is 22.0 Å². The Labute approximate surface area is 163 Å². The summed E-state index contributed by atoms with van der Waals surface area (Å²) in [6.07, 6.45) is 3.47. The Kier molecular flexibility index (Phi) is 6.56. The molecule has 3 rings (SSSR count). The molecule has 0 radical (unpaired) electrons. The maximum absolute atomic E-state index is 14.2. The summed E-state index contributed by atoms with van der Waals surface area (Å²) < 4.78 is 50.9.